The van der Waals surface area contributed by atoms with Crippen molar-refractivity contribution in [3.8, 4) is 0 Å². The standard InChI is InChI=1S/C16H28IN2O/c1-16(2,3)14-9-7-8-13(12-14)15(20)18-10-11-19-17(4,5)6/h7-9,12,19H,10-11H2,1-6H3,(H,18,20)/q-1. The first-order valence-corrected chi connectivity index (χ1v) is 14.4. The summed E-state index contributed by atoms with van der Waals surface area (Å²) in [5.74, 6) is 0.0124. The summed E-state index contributed by atoms with van der Waals surface area (Å²) in [4.78, 5) is 19.0. The van der Waals surface area contributed by atoms with Crippen LogP contribution < -0.4 is 27.6 Å². The van der Waals surface area contributed by atoms with Crippen LogP contribution in [0.5, 0.6) is 0 Å². The number of benzene rings is 1. The van der Waals surface area contributed by atoms with Crippen molar-refractivity contribution in [2.24, 2.45) is 0 Å². The Labute approximate surface area is 127 Å². The van der Waals surface area contributed by atoms with Crippen LogP contribution in [0.3, 0.4) is 0 Å². The van der Waals surface area contributed by atoms with Gasteiger partial charge in [-0.05, 0) is 0 Å². The second-order valence-corrected chi connectivity index (χ2v) is 17.1. The summed E-state index contributed by atoms with van der Waals surface area (Å²) in [5.41, 5.74) is 2.00. The van der Waals surface area contributed by atoms with Crippen molar-refractivity contribution in [1.29, 1.82) is 0 Å². The molecule has 0 bridgehead atoms. The summed E-state index contributed by atoms with van der Waals surface area (Å²) < 4.78 is 3.53. The minimum absolute atomic E-state index is 0.0124. The van der Waals surface area contributed by atoms with Gasteiger partial charge in [0, 0.05) is 0 Å². The molecule has 0 radical (unpaired) electrons. The molecule has 0 spiro atoms. The van der Waals surface area contributed by atoms with Crippen LogP contribution in [-0.4, -0.2) is 33.8 Å². The molecule has 0 heterocycles. The van der Waals surface area contributed by atoms with Gasteiger partial charge in [0.05, 0.1) is 0 Å². The van der Waals surface area contributed by atoms with E-state index in [2.05, 4.69) is 50.5 Å². The van der Waals surface area contributed by atoms with E-state index in [0.717, 1.165) is 12.1 Å². The van der Waals surface area contributed by atoms with Crippen molar-refractivity contribution < 1.29 is 23.5 Å². The van der Waals surface area contributed by atoms with Crippen LogP contribution in [0.1, 0.15) is 36.7 Å². The van der Waals surface area contributed by atoms with E-state index in [-0.39, 0.29) is 11.3 Å². The van der Waals surface area contributed by atoms with Crippen molar-refractivity contribution in [3.05, 3.63) is 35.4 Å². The van der Waals surface area contributed by atoms with Gasteiger partial charge in [-0.2, -0.15) is 0 Å². The van der Waals surface area contributed by atoms with E-state index < -0.39 is 18.7 Å². The zero-order chi connectivity index (χ0) is 15.4. The van der Waals surface area contributed by atoms with Gasteiger partial charge < -0.3 is 0 Å². The average Bonchev–Trinajstić information content (AvgIpc) is 2.32. The maximum absolute atomic E-state index is 12.1. The molecule has 0 aliphatic carbocycles. The predicted molar refractivity (Wildman–Crippen MR) is 83.2 cm³/mol. The molecule has 2 N–H and O–H groups in total. The molecule has 3 nitrogen and oxygen atoms in total. The van der Waals surface area contributed by atoms with E-state index in [0.29, 0.717) is 6.54 Å². The summed E-state index contributed by atoms with van der Waals surface area (Å²) in [7, 11) is 0. The molecule has 0 saturated carbocycles. The van der Waals surface area contributed by atoms with E-state index in [1.807, 2.05) is 18.2 Å². The van der Waals surface area contributed by atoms with Gasteiger partial charge in [-0.1, -0.05) is 0 Å². The molecule has 0 saturated heterocycles. The molecule has 1 amide bonds. The number of alkyl halides is 3. The fourth-order valence-corrected chi connectivity index (χ4v) is 3.62. The van der Waals surface area contributed by atoms with E-state index in [4.69, 9.17) is 0 Å². The Bertz CT molecular complexity index is 458. The Morgan fingerprint density at radius 1 is 1.15 bits per heavy atom. The Kier molecular flexibility index (Phi) is 6.01. The third-order valence-corrected chi connectivity index (χ3v) is 5.72. The SMILES string of the molecule is CC(C)(C)c1cccc(C(=O)NCCN[I-](C)(C)C)c1. The predicted octanol–water partition coefficient (Wildman–Crippen LogP) is -0.732. The molecule has 0 unspecified atom stereocenters. The molecular formula is C16H28IN2O-. The maximum atomic E-state index is 12.1. The number of hydrogen-bond acceptors (Lipinski definition) is 2. The number of nitrogens with one attached hydrogen (secondary N) is 2. The summed E-state index contributed by atoms with van der Waals surface area (Å²) in [6.45, 7) is 8.00. The normalized spacial score (nSPS) is 13.1. The molecule has 0 aliphatic rings. The van der Waals surface area contributed by atoms with Gasteiger partial charge in [-0.25, -0.2) is 0 Å². The molecule has 20 heavy (non-hydrogen) atoms. The van der Waals surface area contributed by atoms with Crippen LogP contribution in [0.2, 0.25) is 0 Å². The number of rotatable bonds is 5. The van der Waals surface area contributed by atoms with Crippen molar-refractivity contribution in [2.45, 2.75) is 26.2 Å². The second kappa shape index (κ2) is 6.89. The van der Waals surface area contributed by atoms with Gasteiger partial charge in [0.15, 0.2) is 0 Å². The Morgan fingerprint density at radius 2 is 1.80 bits per heavy atom. The number of carbonyl (C=O) groups is 1. The third-order valence-electron chi connectivity index (χ3n) is 2.90. The molecule has 1 aromatic carbocycles. The van der Waals surface area contributed by atoms with Gasteiger partial charge in [0.25, 0.3) is 0 Å². The van der Waals surface area contributed by atoms with Gasteiger partial charge in [0.2, 0.25) is 0 Å². The topological polar surface area (TPSA) is 41.1 Å². The molecule has 0 aliphatic heterocycles. The zero-order valence-electron chi connectivity index (χ0n) is 13.5. The molecule has 0 fully saturated rings. The second-order valence-electron chi connectivity index (χ2n) is 6.67. The summed E-state index contributed by atoms with van der Waals surface area (Å²) in [6, 6.07) is 7.89. The first kappa shape index (κ1) is 17.4. The van der Waals surface area contributed by atoms with E-state index in [1.54, 1.807) is 0 Å². The van der Waals surface area contributed by atoms with Crippen LogP contribution in [0.25, 0.3) is 0 Å². The number of carbonyl (C=O) groups excluding carboxylic acids is 1. The van der Waals surface area contributed by atoms with Gasteiger partial charge in [-0.3, -0.25) is 0 Å². The molecule has 0 atom stereocenters. The Balaban J connectivity index is 2.56. The molecule has 116 valence electrons. The first-order valence-electron chi connectivity index (χ1n) is 6.81. The zero-order valence-corrected chi connectivity index (χ0v) is 15.7. The summed E-state index contributed by atoms with van der Waals surface area (Å²) >= 11 is -1.64. The van der Waals surface area contributed by atoms with Gasteiger partial charge in [-0.15, -0.1) is 0 Å². The van der Waals surface area contributed by atoms with Crippen molar-refractivity contribution in [1.82, 2.24) is 8.85 Å². The Morgan fingerprint density at radius 3 is 2.35 bits per heavy atom. The average molecular weight is 391 g/mol. The van der Waals surface area contributed by atoms with Gasteiger partial charge >= 0.3 is 128 Å². The summed E-state index contributed by atoms with van der Waals surface area (Å²) in [5, 5.41) is 2.98. The van der Waals surface area contributed by atoms with Crippen LogP contribution >= 0.6 is 0 Å². The number of halogens is 1. The van der Waals surface area contributed by atoms with Crippen molar-refractivity contribution >= 4 is 5.91 Å². The van der Waals surface area contributed by atoms with Gasteiger partial charge in [0.1, 0.15) is 0 Å². The minimum atomic E-state index is -1.64. The van der Waals surface area contributed by atoms with E-state index in [1.165, 1.54) is 5.56 Å². The fraction of sp³-hybridized carbons (Fsp3) is 0.562. The number of amides is 1. The van der Waals surface area contributed by atoms with E-state index >= 15 is 0 Å². The number of hydrogen-bond donors (Lipinski definition) is 2. The molecule has 1 rings (SSSR count). The van der Waals surface area contributed by atoms with Crippen LogP contribution in [0.4, 0.5) is 0 Å². The molecular weight excluding hydrogens is 363 g/mol. The van der Waals surface area contributed by atoms with Crippen molar-refractivity contribution in [3.63, 3.8) is 0 Å². The summed E-state index contributed by atoms with van der Waals surface area (Å²) in [6.07, 6.45) is 0. The quantitative estimate of drug-likeness (QED) is 0.301. The molecule has 0 aromatic heterocycles. The molecule has 1 aromatic rings. The fourth-order valence-electron chi connectivity index (χ4n) is 1.74. The monoisotopic (exact) mass is 391 g/mol. The van der Waals surface area contributed by atoms with Crippen molar-refractivity contribution in [2.75, 3.05) is 27.9 Å². The van der Waals surface area contributed by atoms with Crippen LogP contribution in [0, 0.1) is 0 Å². The first-order chi connectivity index (χ1) is 9.09. The van der Waals surface area contributed by atoms with Crippen LogP contribution in [-0.2, 0) is 5.41 Å². The third kappa shape index (κ3) is 6.22. The Hall–Kier alpha value is -0.620. The van der Waals surface area contributed by atoms with Crippen LogP contribution in [0.15, 0.2) is 24.3 Å². The van der Waals surface area contributed by atoms with E-state index in [9.17, 15) is 4.79 Å². The molecule has 4 heteroatoms.